The molecule has 1 aromatic carbocycles. The van der Waals surface area contributed by atoms with Gasteiger partial charge in [0.1, 0.15) is 6.04 Å². The standard InChI is InChI=1S/C13H15BrN2O/c1-9-2-7-13(17-9)12(8-15)16-11-5-3-10(14)4-6-11/h3-6,9,12-13,16H,2,7H2,1H3. The lowest BCUT2D eigenvalue weighted by Gasteiger charge is -2.19. The smallest absolute Gasteiger partial charge is 0.141 e. The van der Waals surface area contributed by atoms with Crippen molar-refractivity contribution in [2.45, 2.75) is 38.0 Å². The van der Waals surface area contributed by atoms with Gasteiger partial charge in [-0.2, -0.15) is 5.26 Å². The number of nitrogens with one attached hydrogen (secondary N) is 1. The van der Waals surface area contributed by atoms with E-state index < -0.39 is 0 Å². The summed E-state index contributed by atoms with van der Waals surface area (Å²) in [4.78, 5) is 0. The van der Waals surface area contributed by atoms with Gasteiger partial charge in [-0.3, -0.25) is 0 Å². The van der Waals surface area contributed by atoms with Crippen LogP contribution in [0, 0.1) is 11.3 Å². The molecular formula is C13H15BrN2O. The van der Waals surface area contributed by atoms with Gasteiger partial charge in [0, 0.05) is 10.2 Å². The molecule has 0 amide bonds. The predicted molar refractivity (Wildman–Crippen MR) is 70.7 cm³/mol. The van der Waals surface area contributed by atoms with Gasteiger partial charge in [-0.25, -0.2) is 0 Å². The number of ether oxygens (including phenoxy) is 1. The van der Waals surface area contributed by atoms with E-state index in [0.29, 0.717) is 0 Å². The zero-order valence-electron chi connectivity index (χ0n) is 9.69. The lowest BCUT2D eigenvalue weighted by molar-refractivity contribution is 0.0534. The van der Waals surface area contributed by atoms with Crippen LogP contribution < -0.4 is 5.32 Å². The monoisotopic (exact) mass is 294 g/mol. The van der Waals surface area contributed by atoms with E-state index in [1.807, 2.05) is 31.2 Å². The molecule has 0 bridgehead atoms. The lowest BCUT2D eigenvalue weighted by Crippen LogP contribution is -2.32. The second-order valence-electron chi connectivity index (χ2n) is 4.32. The number of nitrogens with zero attached hydrogens (tertiary/aromatic N) is 1. The van der Waals surface area contributed by atoms with Gasteiger partial charge >= 0.3 is 0 Å². The number of benzene rings is 1. The van der Waals surface area contributed by atoms with Crippen LogP contribution in [0.25, 0.3) is 0 Å². The molecule has 0 aliphatic carbocycles. The molecule has 1 aliphatic rings. The Balaban J connectivity index is 2.00. The summed E-state index contributed by atoms with van der Waals surface area (Å²) in [6.07, 6.45) is 2.24. The molecule has 90 valence electrons. The SMILES string of the molecule is CC1CCC(C(C#N)Nc2ccc(Br)cc2)O1. The summed E-state index contributed by atoms with van der Waals surface area (Å²) < 4.78 is 6.75. The third-order valence-corrected chi connectivity index (χ3v) is 3.47. The Labute approximate surface area is 110 Å². The Morgan fingerprint density at radius 2 is 2.12 bits per heavy atom. The van der Waals surface area contributed by atoms with E-state index in [-0.39, 0.29) is 18.2 Å². The maximum Gasteiger partial charge on any atom is 0.141 e. The van der Waals surface area contributed by atoms with Crippen molar-refractivity contribution in [2.75, 3.05) is 5.32 Å². The molecule has 0 spiro atoms. The Hall–Kier alpha value is -1.05. The van der Waals surface area contributed by atoms with Crippen LogP contribution in [0.5, 0.6) is 0 Å². The van der Waals surface area contributed by atoms with E-state index in [9.17, 15) is 5.26 Å². The average molecular weight is 295 g/mol. The fourth-order valence-corrected chi connectivity index (χ4v) is 2.28. The van der Waals surface area contributed by atoms with Crippen LogP contribution in [0.4, 0.5) is 5.69 Å². The van der Waals surface area contributed by atoms with Crippen LogP contribution in [-0.4, -0.2) is 18.2 Å². The minimum absolute atomic E-state index is 0.00125. The van der Waals surface area contributed by atoms with Crippen molar-refractivity contribution in [1.29, 1.82) is 5.26 Å². The molecule has 3 nitrogen and oxygen atoms in total. The van der Waals surface area contributed by atoms with E-state index in [1.165, 1.54) is 0 Å². The predicted octanol–water partition coefficient (Wildman–Crippen LogP) is 3.32. The molecule has 1 N–H and O–H groups in total. The maximum atomic E-state index is 9.19. The van der Waals surface area contributed by atoms with Crippen molar-refractivity contribution in [3.63, 3.8) is 0 Å². The molecular weight excluding hydrogens is 280 g/mol. The Morgan fingerprint density at radius 3 is 2.65 bits per heavy atom. The second-order valence-corrected chi connectivity index (χ2v) is 5.24. The van der Waals surface area contributed by atoms with Gasteiger partial charge in [-0.15, -0.1) is 0 Å². The molecule has 3 atom stereocenters. The molecule has 1 saturated heterocycles. The van der Waals surface area contributed by atoms with Gasteiger partial charge < -0.3 is 10.1 Å². The summed E-state index contributed by atoms with van der Waals surface area (Å²) in [6, 6.07) is 9.81. The van der Waals surface area contributed by atoms with Gasteiger partial charge in [-0.1, -0.05) is 15.9 Å². The second kappa shape index (κ2) is 5.52. The number of hydrogen-bond acceptors (Lipinski definition) is 3. The third-order valence-electron chi connectivity index (χ3n) is 2.94. The molecule has 3 unspecified atom stereocenters. The molecule has 1 fully saturated rings. The van der Waals surface area contributed by atoms with Gasteiger partial charge in [0.2, 0.25) is 0 Å². The van der Waals surface area contributed by atoms with E-state index in [1.54, 1.807) is 0 Å². The van der Waals surface area contributed by atoms with Crippen LogP contribution in [0.3, 0.4) is 0 Å². The number of halogens is 1. The zero-order chi connectivity index (χ0) is 12.3. The first-order valence-corrected chi connectivity index (χ1v) is 6.55. The molecule has 0 radical (unpaired) electrons. The first kappa shape index (κ1) is 12.4. The molecule has 1 heterocycles. The minimum Gasteiger partial charge on any atom is -0.372 e. The van der Waals surface area contributed by atoms with Crippen LogP contribution in [0.2, 0.25) is 0 Å². The van der Waals surface area contributed by atoms with Crippen LogP contribution in [-0.2, 0) is 4.74 Å². The summed E-state index contributed by atoms with van der Waals surface area (Å²) >= 11 is 3.39. The highest BCUT2D eigenvalue weighted by Crippen LogP contribution is 2.24. The van der Waals surface area contributed by atoms with Crippen LogP contribution in [0.1, 0.15) is 19.8 Å². The van der Waals surface area contributed by atoms with Crippen molar-refractivity contribution in [3.8, 4) is 6.07 Å². The maximum absolute atomic E-state index is 9.19. The Kier molecular flexibility index (Phi) is 4.03. The topological polar surface area (TPSA) is 45.0 Å². The molecule has 4 heteroatoms. The third kappa shape index (κ3) is 3.21. The summed E-state index contributed by atoms with van der Waals surface area (Å²) in [7, 11) is 0. The molecule has 1 aromatic rings. The van der Waals surface area contributed by atoms with Crippen LogP contribution in [0.15, 0.2) is 28.7 Å². The van der Waals surface area contributed by atoms with E-state index >= 15 is 0 Å². The quantitative estimate of drug-likeness (QED) is 0.930. The van der Waals surface area contributed by atoms with Gasteiger partial charge in [0.25, 0.3) is 0 Å². The highest BCUT2D eigenvalue weighted by atomic mass is 79.9. The fourth-order valence-electron chi connectivity index (χ4n) is 2.01. The van der Waals surface area contributed by atoms with Gasteiger partial charge in [-0.05, 0) is 44.0 Å². The van der Waals surface area contributed by atoms with E-state index in [4.69, 9.17) is 4.74 Å². The highest BCUT2D eigenvalue weighted by molar-refractivity contribution is 9.10. The highest BCUT2D eigenvalue weighted by Gasteiger charge is 2.29. The summed E-state index contributed by atoms with van der Waals surface area (Å²) in [5.74, 6) is 0. The average Bonchev–Trinajstić information content (AvgIpc) is 2.75. The number of rotatable bonds is 3. The summed E-state index contributed by atoms with van der Waals surface area (Å²) in [5, 5.41) is 12.4. The van der Waals surface area contributed by atoms with E-state index in [2.05, 4.69) is 27.3 Å². The summed E-state index contributed by atoms with van der Waals surface area (Å²) in [5.41, 5.74) is 0.947. The molecule has 17 heavy (non-hydrogen) atoms. The normalized spacial score (nSPS) is 25.2. The van der Waals surface area contributed by atoms with Gasteiger partial charge in [0.05, 0.1) is 18.3 Å². The van der Waals surface area contributed by atoms with Gasteiger partial charge in [0.15, 0.2) is 0 Å². The molecule has 2 rings (SSSR count). The summed E-state index contributed by atoms with van der Waals surface area (Å²) in [6.45, 7) is 2.05. The van der Waals surface area contributed by atoms with Crippen molar-refractivity contribution in [1.82, 2.24) is 0 Å². The fraction of sp³-hybridized carbons (Fsp3) is 0.462. The van der Waals surface area contributed by atoms with Crippen molar-refractivity contribution >= 4 is 21.6 Å². The molecule has 0 aromatic heterocycles. The first-order chi connectivity index (χ1) is 8.19. The largest absolute Gasteiger partial charge is 0.372 e. The first-order valence-electron chi connectivity index (χ1n) is 5.76. The zero-order valence-corrected chi connectivity index (χ0v) is 11.3. The Morgan fingerprint density at radius 1 is 1.41 bits per heavy atom. The number of nitriles is 1. The number of hydrogen-bond donors (Lipinski definition) is 1. The van der Waals surface area contributed by atoms with Crippen molar-refractivity contribution in [3.05, 3.63) is 28.7 Å². The van der Waals surface area contributed by atoms with Crippen molar-refractivity contribution < 1.29 is 4.74 Å². The van der Waals surface area contributed by atoms with E-state index in [0.717, 1.165) is 23.0 Å². The number of anilines is 1. The molecule has 1 aliphatic heterocycles. The lowest BCUT2D eigenvalue weighted by atomic mass is 10.1. The van der Waals surface area contributed by atoms with Crippen molar-refractivity contribution in [2.24, 2.45) is 0 Å². The Bertz CT molecular complexity index is 412. The minimum atomic E-state index is -0.277. The van der Waals surface area contributed by atoms with Crippen LogP contribution >= 0.6 is 15.9 Å². The molecule has 0 saturated carbocycles.